The molecule has 4 heteroatoms. The topological polar surface area (TPSA) is 33.7 Å². The molecule has 0 aromatic heterocycles. The van der Waals surface area contributed by atoms with Crippen LogP contribution in [0.2, 0.25) is 0 Å². The Morgan fingerprint density at radius 3 is 2.76 bits per heavy atom. The number of likely N-dealkylation sites (tertiary alicyclic amines) is 1. The van der Waals surface area contributed by atoms with Crippen molar-refractivity contribution in [1.29, 1.82) is 0 Å². The number of hydrogen-bond acceptors (Lipinski definition) is 4. The molecule has 1 saturated heterocycles. The Balaban J connectivity index is 1.89. The van der Waals surface area contributed by atoms with E-state index in [1.165, 1.54) is 31.5 Å². The third kappa shape index (κ3) is 5.21. The number of benzene rings is 1. The van der Waals surface area contributed by atoms with Gasteiger partial charge in [0, 0.05) is 24.7 Å². The number of ether oxygens (including phenoxy) is 2. The molecule has 1 heterocycles. The molecule has 0 atom stereocenters. The summed E-state index contributed by atoms with van der Waals surface area (Å²) in [6.07, 6.45) is 3.79. The summed E-state index contributed by atoms with van der Waals surface area (Å²) in [5.41, 5.74) is 1.20. The predicted molar refractivity (Wildman–Crippen MR) is 86.2 cm³/mol. The number of nitrogens with one attached hydrogen (secondary N) is 1. The van der Waals surface area contributed by atoms with Gasteiger partial charge >= 0.3 is 0 Å². The maximum atomic E-state index is 6.01. The van der Waals surface area contributed by atoms with Crippen molar-refractivity contribution >= 4 is 0 Å². The molecule has 1 aromatic rings. The monoisotopic (exact) mass is 292 g/mol. The molecule has 0 radical (unpaired) electrons. The van der Waals surface area contributed by atoms with Crippen molar-refractivity contribution in [2.24, 2.45) is 0 Å². The first-order chi connectivity index (χ1) is 10.3. The normalized spacial score (nSPS) is 15.3. The molecule has 4 nitrogen and oxygen atoms in total. The lowest BCUT2D eigenvalue weighted by atomic mass is 10.2. The zero-order valence-electron chi connectivity index (χ0n) is 13.4. The van der Waals surface area contributed by atoms with Crippen LogP contribution in [0.15, 0.2) is 18.2 Å². The molecular weight excluding hydrogens is 264 g/mol. The number of hydrogen-bond donors (Lipinski definition) is 1. The van der Waals surface area contributed by atoms with E-state index in [1.54, 1.807) is 7.11 Å². The van der Waals surface area contributed by atoms with Crippen LogP contribution in [-0.4, -0.2) is 44.8 Å². The Hall–Kier alpha value is -1.26. The van der Waals surface area contributed by atoms with Crippen LogP contribution in [0.25, 0.3) is 0 Å². The predicted octanol–water partition coefficient (Wildman–Crippen LogP) is 2.67. The Morgan fingerprint density at radius 1 is 1.24 bits per heavy atom. The molecule has 1 N–H and O–H groups in total. The molecule has 0 spiro atoms. The van der Waals surface area contributed by atoms with Gasteiger partial charge in [0.15, 0.2) is 0 Å². The van der Waals surface area contributed by atoms with E-state index >= 15 is 0 Å². The molecule has 118 valence electrons. The zero-order valence-corrected chi connectivity index (χ0v) is 13.4. The highest BCUT2D eigenvalue weighted by atomic mass is 16.5. The summed E-state index contributed by atoms with van der Waals surface area (Å²) in [7, 11) is 1.69. The van der Waals surface area contributed by atoms with Gasteiger partial charge in [0.25, 0.3) is 0 Å². The molecule has 0 saturated carbocycles. The van der Waals surface area contributed by atoms with Crippen molar-refractivity contribution in [1.82, 2.24) is 10.2 Å². The first-order valence-corrected chi connectivity index (χ1v) is 8.06. The van der Waals surface area contributed by atoms with E-state index in [1.807, 2.05) is 12.1 Å². The van der Waals surface area contributed by atoms with Gasteiger partial charge in [-0.05, 0) is 45.0 Å². The van der Waals surface area contributed by atoms with E-state index in [0.29, 0.717) is 0 Å². The van der Waals surface area contributed by atoms with Crippen LogP contribution in [-0.2, 0) is 6.54 Å². The minimum atomic E-state index is 0.744. The van der Waals surface area contributed by atoms with E-state index in [4.69, 9.17) is 9.47 Å². The van der Waals surface area contributed by atoms with Gasteiger partial charge in [-0.2, -0.15) is 0 Å². The third-order valence-electron chi connectivity index (χ3n) is 3.88. The van der Waals surface area contributed by atoms with Crippen LogP contribution >= 0.6 is 0 Å². The second kappa shape index (κ2) is 8.90. The van der Waals surface area contributed by atoms with E-state index in [9.17, 15) is 0 Å². The molecule has 1 aliphatic heterocycles. The minimum Gasteiger partial charge on any atom is -0.497 e. The van der Waals surface area contributed by atoms with Crippen LogP contribution in [0.5, 0.6) is 11.5 Å². The fraction of sp³-hybridized carbons (Fsp3) is 0.647. The standard InChI is InChI=1S/C17H28N2O2/c1-3-8-18-14-15-6-7-16(20-2)13-17(15)21-12-11-19-9-4-5-10-19/h6-7,13,18H,3-5,8-12,14H2,1-2H3. The Kier molecular flexibility index (Phi) is 6.83. The average Bonchev–Trinajstić information content (AvgIpc) is 3.02. The summed E-state index contributed by atoms with van der Waals surface area (Å²) in [5.74, 6) is 1.79. The van der Waals surface area contributed by atoms with Crippen LogP contribution in [0.4, 0.5) is 0 Å². The average molecular weight is 292 g/mol. The van der Waals surface area contributed by atoms with Gasteiger partial charge in [-0.15, -0.1) is 0 Å². The van der Waals surface area contributed by atoms with Crippen molar-refractivity contribution in [2.75, 3.05) is 39.9 Å². The van der Waals surface area contributed by atoms with E-state index < -0.39 is 0 Å². The van der Waals surface area contributed by atoms with Gasteiger partial charge in [0.1, 0.15) is 18.1 Å². The highest BCUT2D eigenvalue weighted by Gasteiger charge is 2.12. The van der Waals surface area contributed by atoms with Crippen LogP contribution in [0.1, 0.15) is 31.7 Å². The maximum Gasteiger partial charge on any atom is 0.127 e. The third-order valence-corrected chi connectivity index (χ3v) is 3.88. The second-order valence-corrected chi connectivity index (χ2v) is 5.55. The smallest absolute Gasteiger partial charge is 0.127 e. The number of methoxy groups -OCH3 is 1. The Bertz CT molecular complexity index is 417. The van der Waals surface area contributed by atoms with Gasteiger partial charge in [-0.25, -0.2) is 0 Å². The summed E-state index contributed by atoms with van der Waals surface area (Å²) < 4.78 is 11.3. The lowest BCUT2D eigenvalue weighted by Gasteiger charge is -2.17. The summed E-state index contributed by atoms with van der Waals surface area (Å²) in [6, 6.07) is 6.08. The molecule has 1 aliphatic rings. The lowest BCUT2D eigenvalue weighted by Crippen LogP contribution is -2.25. The number of rotatable bonds is 9. The highest BCUT2D eigenvalue weighted by molar-refractivity contribution is 5.40. The first-order valence-electron chi connectivity index (χ1n) is 8.06. The van der Waals surface area contributed by atoms with Crippen molar-refractivity contribution in [2.45, 2.75) is 32.7 Å². The summed E-state index contributed by atoms with van der Waals surface area (Å²) in [6.45, 7) is 8.23. The summed E-state index contributed by atoms with van der Waals surface area (Å²) in [4.78, 5) is 2.47. The molecule has 1 aromatic carbocycles. The summed E-state index contributed by atoms with van der Waals surface area (Å²) >= 11 is 0. The molecule has 21 heavy (non-hydrogen) atoms. The molecule has 1 fully saturated rings. The van der Waals surface area contributed by atoms with Crippen LogP contribution in [0.3, 0.4) is 0 Å². The van der Waals surface area contributed by atoms with Gasteiger partial charge in [0.05, 0.1) is 7.11 Å². The fourth-order valence-electron chi connectivity index (χ4n) is 2.63. The van der Waals surface area contributed by atoms with E-state index in [-0.39, 0.29) is 0 Å². The lowest BCUT2D eigenvalue weighted by molar-refractivity contribution is 0.235. The molecule has 0 bridgehead atoms. The second-order valence-electron chi connectivity index (χ2n) is 5.55. The van der Waals surface area contributed by atoms with Gasteiger partial charge < -0.3 is 14.8 Å². The highest BCUT2D eigenvalue weighted by Crippen LogP contribution is 2.25. The van der Waals surface area contributed by atoms with Crippen molar-refractivity contribution in [3.05, 3.63) is 23.8 Å². The van der Waals surface area contributed by atoms with Gasteiger partial charge in [-0.1, -0.05) is 13.0 Å². The molecule has 0 aliphatic carbocycles. The largest absolute Gasteiger partial charge is 0.497 e. The minimum absolute atomic E-state index is 0.744. The molecule has 2 rings (SSSR count). The SMILES string of the molecule is CCCNCc1ccc(OC)cc1OCCN1CCCC1. The number of nitrogens with zero attached hydrogens (tertiary/aromatic N) is 1. The molecule has 0 amide bonds. The van der Waals surface area contributed by atoms with Crippen LogP contribution in [0, 0.1) is 0 Å². The van der Waals surface area contributed by atoms with E-state index in [0.717, 1.165) is 44.2 Å². The van der Waals surface area contributed by atoms with Gasteiger partial charge in [-0.3, -0.25) is 4.90 Å². The maximum absolute atomic E-state index is 6.01. The van der Waals surface area contributed by atoms with Crippen LogP contribution < -0.4 is 14.8 Å². The Morgan fingerprint density at radius 2 is 2.05 bits per heavy atom. The Labute approximate surface area is 128 Å². The van der Waals surface area contributed by atoms with Crippen molar-refractivity contribution in [3.8, 4) is 11.5 Å². The van der Waals surface area contributed by atoms with Gasteiger partial charge in [0.2, 0.25) is 0 Å². The van der Waals surface area contributed by atoms with Crippen molar-refractivity contribution < 1.29 is 9.47 Å². The molecule has 0 unspecified atom stereocenters. The zero-order chi connectivity index (χ0) is 14.9. The molecular formula is C17H28N2O2. The first kappa shape index (κ1) is 16.1. The fourth-order valence-corrected chi connectivity index (χ4v) is 2.63. The summed E-state index contributed by atoms with van der Waals surface area (Å²) in [5, 5.41) is 3.43. The quantitative estimate of drug-likeness (QED) is 0.710. The van der Waals surface area contributed by atoms with Crippen molar-refractivity contribution in [3.63, 3.8) is 0 Å². The van der Waals surface area contributed by atoms with E-state index in [2.05, 4.69) is 23.2 Å².